The number of amides is 1. The Balaban J connectivity index is 1.67. The zero-order valence-electron chi connectivity index (χ0n) is 16.2. The van der Waals surface area contributed by atoms with Crippen molar-refractivity contribution in [3.63, 3.8) is 0 Å². The molecule has 3 atom stereocenters. The van der Waals surface area contributed by atoms with Crippen molar-refractivity contribution in [3.05, 3.63) is 64.7 Å². The first-order chi connectivity index (χ1) is 14.6. The topological polar surface area (TPSA) is 92.3 Å². The first-order valence-corrected chi connectivity index (χ1v) is 9.77. The second-order valence-electron chi connectivity index (χ2n) is 7.22. The van der Waals surface area contributed by atoms with Gasteiger partial charge in [0, 0.05) is 12.1 Å². The third-order valence-corrected chi connectivity index (χ3v) is 5.38. The minimum Gasteiger partial charge on any atom is -0.467 e. The number of carbonyl (C=O) groups is 1. The Labute approximate surface area is 179 Å². The van der Waals surface area contributed by atoms with Crippen LogP contribution in [0.1, 0.15) is 53.3 Å². The molecular formula is C20H18ClF3N4O3. The predicted molar refractivity (Wildman–Crippen MR) is 107 cm³/mol. The van der Waals surface area contributed by atoms with E-state index in [1.165, 1.54) is 6.26 Å². The van der Waals surface area contributed by atoms with Gasteiger partial charge in [0.05, 0.1) is 18.4 Å². The summed E-state index contributed by atoms with van der Waals surface area (Å²) < 4.78 is 47.2. The summed E-state index contributed by atoms with van der Waals surface area (Å²) in [5, 5.41) is 18.8. The molecule has 0 saturated carbocycles. The number of aromatic nitrogens is 2. The van der Waals surface area contributed by atoms with E-state index in [2.05, 4.69) is 15.7 Å². The normalized spacial score (nSPS) is 19.4. The van der Waals surface area contributed by atoms with E-state index in [0.29, 0.717) is 21.7 Å². The molecule has 1 amide bonds. The van der Waals surface area contributed by atoms with E-state index < -0.39 is 30.3 Å². The Hall–Kier alpha value is -2.98. The first-order valence-electron chi connectivity index (χ1n) is 9.39. The lowest BCUT2D eigenvalue weighted by Gasteiger charge is -2.32. The van der Waals surface area contributed by atoms with E-state index in [4.69, 9.17) is 16.0 Å². The van der Waals surface area contributed by atoms with Gasteiger partial charge in [0.1, 0.15) is 16.6 Å². The molecule has 11 heteroatoms. The van der Waals surface area contributed by atoms with Crippen LogP contribution in [0.5, 0.6) is 0 Å². The van der Waals surface area contributed by atoms with Gasteiger partial charge < -0.3 is 20.2 Å². The molecule has 0 aliphatic carbocycles. The molecule has 1 aromatic carbocycles. The molecule has 0 radical (unpaired) electrons. The molecular weight excluding hydrogens is 437 g/mol. The maximum Gasteiger partial charge on any atom is 0.410 e. The minimum atomic E-state index is -4.61. The Bertz CT molecular complexity index is 1100. The number of aliphatic hydroxyl groups is 1. The summed E-state index contributed by atoms with van der Waals surface area (Å²) in [4.78, 5) is 12.7. The number of fused-ring (bicyclic) bond motifs is 1. The third-order valence-electron chi connectivity index (χ3n) is 5.02. The third kappa shape index (κ3) is 4.13. The van der Waals surface area contributed by atoms with Crippen LogP contribution in [0.2, 0.25) is 5.02 Å². The number of hydrogen-bond acceptors (Lipinski definition) is 5. The fraction of sp³-hybridized carbons (Fsp3) is 0.300. The zero-order chi connectivity index (χ0) is 22.3. The van der Waals surface area contributed by atoms with Crippen molar-refractivity contribution in [2.24, 2.45) is 0 Å². The lowest BCUT2D eigenvalue weighted by atomic mass is 10.0. The van der Waals surface area contributed by atoms with Crippen molar-refractivity contribution in [2.75, 3.05) is 10.6 Å². The molecule has 31 heavy (non-hydrogen) atoms. The van der Waals surface area contributed by atoms with Crippen LogP contribution in [0, 0.1) is 0 Å². The van der Waals surface area contributed by atoms with Crippen molar-refractivity contribution >= 4 is 29.0 Å². The predicted octanol–water partition coefficient (Wildman–Crippen LogP) is 5.10. The second kappa shape index (κ2) is 7.93. The summed E-state index contributed by atoms with van der Waals surface area (Å²) in [6.45, 7) is 1.57. The Morgan fingerprint density at radius 3 is 2.81 bits per heavy atom. The lowest BCUT2D eigenvalue weighted by Crippen LogP contribution is -2.35. The number of alkyl halides is 3. The lowest BCUT2D eigenvalue weighted by molar-refractivity contribution is -0.174. The number of anilines is 2. The molecule has 0 fully saturated rings. The van der Waals surface area contributed by atoms with E-state index in [-0.39, 0.29) is 23.0 Å². The maximum atomic E-state index is 13.8. The van der Waals surface area contributed by atoms with Gasteiger partial charge in [-0.15, -0.1) is 0 Å². The van der Waals surface area contributed by atoms with Crippen molar-refractivity contribution in [1.29, 1.82) is 0 Å². The number of nitrogens with one attached hydrogen (secondary N) is 2. The summed E-state index contributed by atoms with van der Waals surface area (Å²) in [6, 6.07) is 6.80. The van der Waals surface area contributed by atoms with E-state index in [1.54, 1.807) is 43.3 Å². The highest BCUT2D eigenvalue weighted by atomic mass is 35.5. The quantitative estimate of drug-likeness (QED) is 0.510. The van der Waals surface area contributed by atoms with Crippen molar-refractivity contribution in [3.8, 4) is 0 Å². The van der Waals surface area contributed by atoms with Gasteiger partial charge in [-0.05, 0) is 36.8 Å². The SMILES string of the molecule is C[C@H](O)c1cccc(NC(=O)c2nn3c(c2Cl)N[C@@H](c2ccco2)C[C@@H]3C(F)(F)F)c1. The molecule has 7 nitrogen and oxygen atoms in total. The smallest absolute Gasteiger partial charge is 0.410 e. The maximum absolute atomic E-state index is 13.8. The van der Waals surface area contributed by atoms with Crippen LogP contribution in [0.4, 0.5) is 24.7 Å². The average Bonchev–Trinajstić information content (AvgIpc) is 3.35. The number of benzene rings is 1. The Morgan fingerprint density at radius 1 is 1.39 bits per heavy atom. The number of hydrogen-bond donors (Lipinski definition) is 3. The van der Waals surface area contributed by atoms with Gasteiger partial charge >= 0.3 is 6.18 Å². The highest BCUT2D eigenvalue weighted by molar-refractivity contribution is 6.36. The summed E-state index contributed by atoms with van der Waals surface area (Å²) in [5.74, 6) is -0.565. The van der Waals surface area contributed by atoms with Crippen LogP contribution >= 0.6 is 11.6 Å². The van der Waals surface area contributed by atoms with E-state index in [1.807, 2.05) is 0 Å². The number of carbonyl (C=O) groups excluding carboxylic acids is 1. The summed E-state index contributed by atoms with van der Waals surface area (Å²) in [7, 11) is 0. The average molecular weight is 455 g/mol. The highest BCUT2D eigenvalue weighted by Crippen LogP contribution is 2.46. The Morgan fingerprint density at radius 2 is 2.16 bits per heavy atom. The molecule has 0 saturated heterocycles. The number of furan rings is 1. The number of nitrogens with zero attached hydrogens (tertiary/aromatic N) is 2. The van der Waals surface area contributed by atoms with Gasteiger partial charge in [-0.2, -0.15) is 18.3 Å². The van der Waals surface area contributed by atoms with Crippen LogP contribution in [0.25, 0.3) is 0 Å². The number of aliphatic hydroxyl groups excluding tert-OH is 1. The number of rotatable bonds is 4. The van der Waals surface area contributed by atoms with Gasteiger partial charge in [-0.1, -0.05) is 23.7 Å². The molecule has 0 unspecified atom stereocenters. The summed E-state index contributed by atoms with van der Waals surface area (Å²) in [6.07, 6.45) is -4.38. The van der Waals surface area contributed by atoms with E-state index in [0.717, 1.165) is 0 Å². The zero-order valence-corrected chi connectivity index (χ0v) is 16.9. The van der Waals surface area contributed by atoms with Gasteiger partial charge in [0.2, 0.25) is 0 Å². The summed E-state index contributed by atoms with van der Waals surface area (Å²) >= 11 is 6.28. The Kier molecular flexibility index (Phi) is 5.44. The van der Waals surface area contributed by atoms with Gasteiger partial charge in [0.15, 0.2) is 11.7 Å². The van der Waals surface area contributed by atoms with Crippen LogP contribution < -0.4 is 10.6 Å². The molecule has 3 N–H and O–H groups in total. The van der Waals surface area contributed by atoms with Gasteiger partial charge in [-0.3, -0.25) is 4.79 Å². The molecule has 0 bridgehead atoms. The fourth-order valence-corrected chi connectivity index (χ4v) is 3.74. The largest absolute Gasteiger partial charge is 0.467 e. The molecule has 3 heterocycles. The van der Waals surface area contributed by atoms with Crippen LogP contribution in [0.15, 0.2) is 47.1 Å². The number of halogens is 4. The van der Waals surface area contributed by atoms with Crippen molar-refractivity contribution in [2.45, 2.75) is 37.7 Å². The van der Waals surface area contributed by atoms with E-state index in [9.17, 15) is 23.1 Å². The van der Waals surface area contributed by atoms with Crippen LogP contribution in [0.3, 0.4) is 0 Å². The fourth-order valence-electron chi connectivity index (χ4n) is 3.48. The minimum absolute atomic E-state index is 0.112. The van der Waals surface area contributed by atoms with Gasteiger partial charge in [0.25, 0.3) is 5.91 Å². The van der Waals surface area contributed by atoms with E-state index >= 15 is 0 Å². The molecule has 1 aliphatic rings. The molecule has 0 spiro atoms. The van der Waals surface area contributed by atoms with Crippen LogP contribution in [-0.2, 0) is 0 Å². The monoisotopic (exact) mass is 454 g/mol. The first kappa shape index (κ1) is 21.3. The molecule has 2 aromatic heterocycles. The van der Waals surface area contributed by atoms with Crippen molar-refractivity contribution in [1.82, 2.24) is 9.78 Å². The molecule has 4 rings (SSSR count). The highest BCUT2D eigenvalue weighted by Gasteiger charge is 2.48. The van der Waals surface area contributed by atoms with Crippen molar-refractivity contribution < 1.29 is 27.5 Å². The van der Waals surface area contributed by atoms with Gasteiger partial charge in [-0.25, -0.2) is 4.68 Å². The standard InChI is InChI=1S/C20H18ClF3N4O3/c1-10(29)11-4-2-5-12(8-11)25-19(30)17-16(21)18-26-13(14-6-3-7-31-14)9-15(20(22,23)24)28(18)27-17/h2-8,10,13,15,26,29H,9H2,1H3,(H,25,30)/t10-,13+,15+/m0/s1. The molecule has 3 aromatic rings. The van der Waals surface area contributed by atoms with Crippen LogP contribution in [-0.4, -0.2) is 27.0 Å². The molecule has 164 valence electrons. The second-order valence-corrected chi connectivity index (χ2v) is 7.59. The molecule has 1 aliphatic heterocycles. The summed E-state index contributed by atoms with van der Waals surface area (Å²) in [5.41, 5.74) is 0.563.